The van der Waals surface area contributed by atoms with Gasteiger partial charge in [0.25, 0.3) is 5.91 Å². The molecule has 0 aliphatic carbocycles. The number of amides is 1. The highest BCUT2D eigenvalue weighted by molar-refractivity contribution is 6.04. The molecule has 0 fully saturated rings. The van der Waals surface area contributed by atoms with Gasteiger partial charge in [-0.15, -0.1) is 0 Å². The second kappa shape index (κ2) is 4.82. The molecule has 1 aromatic carbocycles. The number of anilines is 1. The molecule has 1 aliphatic heterocycles. The lowest BCUT2D eigenvalue weighted by Gasteiger charge is -2.10. The van der Waals surface area contributed by atoms with E-state index in [1.54, 1.807) is 24.5 Å². The molecule has 96 valence electrons. The van der Waals surface area contributed by atoms with E-state index in [9.17, 15) is 4.79 Å². The van der Waals surface area contributed by atoms with Gasteiger partial charge >= 0.3 is 0 Å². The Balaban J connectivity index is 1.86. The average molecular weight is 253 g/mol. The zero-order chi connectivity index (χ0) is 13.2. The van der Waals surface area contributed by atoms with Crippen LogP contribution in [0, 0.1) is 0 Å². The number of aromatic nitrogens is 1. The average Bonchev–Trinajstić information content (AvgIpc) is 2.81. The minimum Gasteiger partial charge on any atom is -0.322 e. The van der Waals surface area contributed by atoms with Crippen molar-refractivity contribution in [3.05, 3.63) is 59.4 Å². The molecule has 0 bridgehead atoms. The van der Waals surface area contributed by atoms with Gasteiger partial charge in [0.15, 0.2) is 0 Å². The molecule has 4 heteroatoms. The van der Waals surface area contributed by atoms with Crippen LogP contribution in [0.25, 0.3) is 0 Å². The third-order valence-electron chi connectivity index (χ3n) is 3.33. The molecule has 2 heterocycles. The van der Waals surface area contributed by atoms with E-state index in [1.165, 1.54) is 11.1 Å². The Morgan fingerprint density at radius 1 is 1.21 bits per heavy atom. The van der Waals surface area contributed by atoms with Gasteiger partial charge < -0.3 is 5.32 Å². The van der Waals surface area contributed by atoms with Crippen LogP contribution in [0.1, 0.15) is 21.5 Å². The smallest absolute Gasteiger partial charge is 0.255 e. The summed E-state index contributed by atoms with van der Waals surface area (Å²) in [5.74, 6) is -0.0923. The van der Waals surface area contributed by atoms with Crippen LogP contribution in [-0.2, 0) is 13.1 Å². The van der Waals surface area contributed by atoms with E-state index in [-0.39, 0.29) is 5.91 Å². The summed E-state index contributed by atoms with van der Waals surface area (Å²) in [4.78, 5) is 18.3. The predicted molar refractivity (Wildman–Crippen MR) is 73.8 cm³/mol. The highest BCUT2D eigenvalue weighted by Crippen LogP contribution is 2.28. The molecule has 4 nitrogen and oxygen atoms in total. The van der Waals surface area contributed by atoms with Gasteiger partial charge in [0.05, 0.1) is 0 Å². The molecule has 19 heavy (non-hydrogen) atoms. The second-order valence-electron chi connectivity index (χ2n) is 4.81. The SMILES string of the molecule is CN1Cc2cccc(NC(=O)c3ccncc3)c2C1. The fourth-order valence-electron chi connectivity index (χ4n) is 2.40. The topological polar surface area (TPSA) is 45.2 Å². The van der Waals surface area contributed by atoms with Crippen LogP contribution in [0.3, 0.4) is 0 Å². The number of carbonyl (C=O) groups excluding carboxylic acids is 1. The molecule has 0 saturated heterocycles. The first kappa shape index (κ1) is 11.9. The molecule has 0 spiro atoms. The van der Waals surface area contributed by atoms with Gasteiger partial charge in [-0.25, -0.2) is 0 Å². The summed E-state index contributed by atoms with van der Waals surface area (Å²) in [7, 11) is 2.08. The predicted octanol–water partition coefficient (Wildman–Crippen LogP) is 2.28. The fourth-order valence-corrected chi connectivity index (χ4v) is 2.40. The normalized spacial score (nSPS) is 14.2. The maximum atomic E-state index is 12.1. The third-order valence-corrected chi connectivity index (χ3v) is 3.33. The van der Waals surface area contributed by atoms with E-state index in [2.05, 4.69) is 28.3 Å². The van der Waals surface area contributed by atoms with Crippen molar-refractivity contribution in [3.8, 4) is 0 Å². The zero-order valence-corrected chi connectivity index (χ0v) is 10.8. The highest BCUT2D eigenvalue weighted by Gasteiger charge is 2.19. The van der Waals surface area contributed by atoms with Crippen LogP contribution in [-0.4, -0.2) is 22.8 Å². The summed E-state index contributed by atoms with van der Waals surface area (Å²) in [6.45, 7) is 1.82. The quantitative estimate of drug-likeness (QED) is 0.893. The molecular weight excluding hydrogens is 238 g/mol. The third kappa shape index (κ3) is 2.35. The maximum Gasteiger partial charge on any atom is 0.255 e. The molecule has 3 rings (SSSR count). The molecule has 2 aromatic rings. The van der Waals surface area contributed by atoms with E-state index >= 15 is 0 Å². The molecule has 0 unspecified atom stereocenters. The van der Waals surface area contributed by atoms with Gasteiger partial charge in [-0.1, -0.05) is 12.1 Å². The molecule has 1 aliphatic rings. The Kier molecular flexibility index (Phi) is 3.01. The molecule has 1 aromatic heterocycles. The van der Waals surface area contributed by atoms with Gasteiger partial charge in [-0.2, -0.15) is 0 Å². The first-order valence-corrected chi connectivity index (χ1v) is 6.25. The largest absolute Gasteiger partial charge is 0.322 e. The minimum atomic E-state index is -0.0923. The standard InChI is InChI=1S/C15H15N3O/c1-18-9-12-3-2-4-14(13(12)10-18)17-15(19)11-5-7-16-8-6-11/h2-8H,9-10H2,1H3,(H,17,19). The Hall–Kier alpha value is -2.20. The molecule has 0 radical (unpaired) electrons. The second-order valence-corrected chi connectivity index (χ2v) is 4.81. The lowest BCUT2D eigenvalue weighted by molar-refractivity contribution is 0.102. The van der Waals surface area contributed by atoms with Crippen molar-refractivity contribution in [1.29, 1.82) is 0 Å². The Morgan fingerprint density at radius 3 is 2.79 bits per heavy atom. The molecule has 1 amide bonds. The number of hydrogen-bond donors (Lipinski definition) is 1. The van der Waals surface area contributed by atoms with Gasteiger partial charge in [-0.05, 0) is 36.4 Å². The van der Waals surface area contributed by atoms with E-state index in [0.29, 0.717) is 5.56 Å². The molecular formula is C15H15N3O. The summed E-state index contributed by atoms with van der Waals surface area (Å²) in [6, 6.07) is 9.48. The molecule has 0 atom stereocenters. The first-order chi connectivity index (χ1) is 9.24. The van der Waals surface area contributed by atoms with E-state index in [1.807, 2.05) is 12.1 Å². The molecule has 1 N–H and O–H groups in total. The number of benzene rings is 1. The number of hydrogen-bond acceptors (Lipinski definition) is 3. The number of pyridine rings is 1. The van der Waals surface area contributed by atoms with Crippen molar-refractivity contribution in [3.63, 3.8) is 0 Å². The lowest BCUT2D eigenvalue weighted by Crippen LogP contribution is -2.14. The Bertz CT molecular complexity index is 610. The van der Waals surface area contributed by atoms with Crippen LogP contribution in [0.5, 0.6) is 0 Å². The monoisotopic (exact) mass is 253 g/mol. The van der Waals surface area contributed by atoms with Crippen LogP contribution in [0.2, 0.25) is 0 Å². The number of carbonyl (C=O) groups is 1. The van der Waals surface area contributed by atoms with Gasteiger partial charge in [-0.3, -0.25) is 14.7 Å². The van der Waals surface area contributed by atoms with Crippen molar-refractivity contribution in [2.24, 2.45) is 0 Å². The van der Waals surface area contributed by atoms with Crippen molar-refractivity contribution < 1.29 is 4.79 Å². The summed E-state index contributed by atoms with van der Waals surface area (Å²) < 4.78 is 0. The molecule has 0 saturated carbocycles. The zero-order valence-electron chi connectivity index (χ0n) is 10.8. The van der Waals surface area contributed by atoms with E-state index in [0.717, 1.165) is 18.8 Å². The lowest BCUT2D eigenvalue weighted by atomic mass is 10.1. The van der Waals surface area contributed by atoms with Gasteiger partial charge in [0, 0.05) is 36.7 Å². The van der Waals surface area contributed by atoms with Crippen LogP contribution in [0.4, 0.5) is 5.69 Å². The van der Waals surface area contributed by atoms with Crippen LogP contribution >= 0.6 is 0 Å². The van der Waals surface area contributed by atoms with E-state index in [4.69, 9.17) is 0 Å². The van der Waals surface area contributed by atoms with Crippen molar-refractivity contribution in [1.82, 2.24) is 9.88 Å². The fraction of sp³-hybridized carbons (Fsp3) is 0.200. The number of nitrogens with zero attached hydrogens (tertiary/aromatic N) is 2. The van der Waals surface area contributed by atoms with Crippen LogP contribution in [0.15, 0.2) is 42.7 Å². The summed E-state index contributed by atoms with van der Waals surface area (Å²) in [6.07, 6.45) is 3.25. The summed E-state index contributed by atoms with van der Waals surface area (Å²) >= 11 is 0. The van der Waals surface area contributed by atoms with Crippen molar-refractivity contribution >= 4 is 11.6 Å². The maximum absolute atomic E-state index is 12.1. The number of rotatable bonds is 2. The van der Waals surface area contributed by atoms with Gasteiger partial charge in [0.1, 0.15) is 0 Å². The van der Waals surface area contributed by atoms with Crippen molar-refractivity contribution in [2.45, 2.75) is 13.1 Å². The number of nitrogens with one attached hydrogen (secondary N) is 1. The summed E-state index contributed by atoms with van der Waals surface area (Å²) in [5.41, 5.74) is 4.03. The Morgan fingerprint density at radius 2 is 2.00 bits per heavy atom. The minimum absolute atomic E-state index is 0.0923. The van der Waals surface area contributed by atoms with Crippen LogP contribution < -0.4 is 5.32 Å². The number of fused-ring (bicyclic) bond motifs is 1. The van der Waals surface area contributed by atoms with Gasteiger partial charge in [0.2, 0.25) is 0 Å². The first-order valence-electron chi connectivity index (χ1n) is 6.25. The Labute approximate surface area is 112 Å². The van der Waals surface area contributed by atoms with Crippen molar-refractivity contribution in [2.75, 3.05) is 12.4 Å². The highest BCUT2D eigenvalue weighted by atomic mass is 16.1. The summed E-state index contributed by atoms with van der Waals surface area (Å²) in [5, 5.41) is 2.99. The van der Waals surface area contributed by atoms with E-state index < -0.39 is 0 Å².